The monoisotopic (exact) mass is 376 g/mol. The summed E-state index contributed by atoms with van der Waals surface area (Å²) in [5.74, 6) is -0.393. The highest BCUT2D eigenvalue weighted by Gasteiger charge is 2.32. The van der Waals surface area contributed by atoms with E-state index >= 15 is 0 Å². The molecular formula is C21H32N2O4. The van der Waals surface area contributed by atoms with Gasteiger partial charge >= 0.3 is 12.1 Å². The molecule has 0 radical (unpaired) electrons. The Morgan fingerprint density at radius 1 is 1.19 bits per heavy atom. The van der Waals surface area contributed by atoms with Crippen LogP contribution in [0.5, 0.6) is 0 Å². The van der Waals surface area contributed by atoms with Gasteiger partial charge in [0.15, 0.2) is 0 Å². The first-order chi connectivity index (χ1) is 12.5. The second-order valence-corrected chi connectivity index (χ2v) is 8.68. The van der Waals surface area contributed by atoms with E-state index in [-0.39, 0.29) is 12.1 Å². The predicted octanol–water partition coefficient (Wildman–Crippen LogP) is 3.85. The molecule has 0 aliphatic carbocycles. The molecule has 1 saturated heterocycles. The Hall–Kier alpha value is -2.08. The lowest BCUT2D eigenvalue weighted by molar-refractivity contribution is -0.000346. The van der Waals surface area contributed by atoms with Gasteiger partial charge in [-0.25, -0.2) is 9.59 Å². The number of carboxylic acid groups (broad SMARTS) is 1. The molecular weight excluding hydrogens is 344 g/mol. The summed E-state index contributed by atoms with van der Waals surface area (Å²) in [6, 6.07) is 7.29. The maximum atomic E-state index is 12.4. The molecule has 0 bridgehead atoms. The van der Waals surface area contributed by atoms with Crippen LogP contribution in [-0.4, -0.2) is 58.2 Å². The highest BCUT2D eigenvalue weighted by Crippen LogP contribution is 2.22. The first kappa shape index (κ1) is 21.2. The molecule has 0 aromatic heterocycles. The lowest BCUT2D eigenvalue weighted by atomic mass is 9.99. The fourth-order valence-electron chi connectivity index (χ4n) is 3.35. The highest BCUT2D eigenvalue weighted by atomic mass is 16.6. The molecule has 150 valence electrons. The van der Waals surface area contributed by atoms with E-state index in [1.807, 2.05) is 37.8 Å². The van der Waals surface area contributed by atoms with Gasteiger partial charge in [0.2, 0.25) is 0 Å². The molecule has 1 aliphatic heterocycles. The molecule has 0 spiro atoms. The number of hydrogen-bond donors (Lipinski definition) is 1. The third kappa shape index (κ3) is 6.54. The smallest absolute Gasteiger partial charge is 0.410 e. The molecule has 1 fully saturated rings. The fourth-order valence-corrected chi connectivity index (χ4v) is 3.35. The zero-order valence-corrected chi connectivity index (χ0v) is 17.1. The SMILES string of the molecule is CC(C)C[C@H]1CN(C(=O)OC(C)(C)C)CCN1Cc1ccc(C(=O)O)cc1. The molecule has 27 heavy (non-hydrogen) atoms. The predicted molar refractivity (Wildman–Crippen MR) is 105 cm³/mol. The van der Waals surface area contributed by atoms with Gasteiger partial charge in [-0.05, 0) is 50.8 Å². The summed E-state index contributed by atoms with van der Waals surface area (Å²) in [6.07, 6.45) is 0.744. The van der Waals surface area contributed by atoms with Crippen LogP contribution in [0.1, 0.15) is 57.0 Å². The lowest BCUT2D eigenvalue weighted by Gasteiger charge is -2.42. The summed E-state index contributed by atoms with van der Waals surface area (Å²) in [4.78, 5) is 27.6. The zero-order chi connectivity index (χ0) is 20.2. The minimum Gasteiger partial charge on any atom is -0.478 e. The number of benzene rings is 1. The first-order valence-corrected chi connectivity index (χ1v) is 9.59. The van der Waals surface area contributed by atoms with Crippen LogP contribution < -0.4 is 0 Å². The molecule has 1 aromatic rings. The Balaban J connectivity index is 2.05. The maximum Gasteiger partial charge on any atom is 0.410 e. The summed E-state index contributed by atoms with van der Waals surface area (Å²) in [5.41, 5.74) is 0.889. The Morgan fingerprint density at radius 3 is 2.33 bits per heavy atom. The van der Waals surface area contributed by atoms with Gasteiger partial charge in [-0.3, -0.25) is 4.90 Å². The van der Waals surface area contributed by atoms with E-state index in [1.165, 1.54) is 0 Å². The van der Waals surface area contributed by atoms with Crippen LogP contribution in [-0.2, 0) is 11.3 Å². The molecule has 1 aromatic carbocycles. The summed E-state index contributed by atoms with van der Waals surface area (Å²) in [7, 11) is 0. The van der Waals surface area contributed by atoms with Crippen LogP contribution in [0.3, 0.4) is 0 Å². The number of aromatic carboxylic acids is 1. The summed E-state index contributed by atoms with van der Waals surface area (Å²) >= 11 is 0. The summed E-state index contributed by atoms with van der Waals surface area (Å²) in [6.45, 7) is 12.8. The Kier molecular flexibility index (Phi) is 6.87. The van der Waals surface area contributed by atoms with Crippen molar-refractivity contribution in [3.63, 3.8) is 0 Å². The van der Waals surface area contributed by atoms with Crippen molar-refractivity contribution in [2.24, 2.45) is 5.92 Å². The van der Waals surface area contributed by atoms with Gasteiger partial charge in [0, 0.05) is 32.2 Å². The number of carbonyl (C=O) groups excluding carboxylic acids is 1. The number of hydrogen-bond acceptors (Lipinski definition) is 4. The maximum absolute atomic E-state index is 12.4. The normalized spacial score (nSPS) is 18.6. The van der Waals surface area contributed by atoms with Crippen molar-refractivity contribution in [3.05, 3.63) is 35.4 Å². The Morgan fingerprint density at radius 2 is 1.81 bits per heavy atom. The minimum atomic E-state index is -0.912. The second kappa shape index (κ2) is 8.74. The van der Waals surface area contributed by atoms with Crippen LogP contribution in [0.2, 0.25) is 0 Å². The average molecular weight is 376 g/mol. The second-order valence-electron chi connectivity index (χ2n) is 8.68. The Bertz CT molecular complexity index is 649. The molecule has 1 amide bonds. The standard InChI is InChI=1S/C21H32N2O4/c1-15(2)12-18-14-23(20(26)27-21(3,4)5)11-10-22(18)13-16-6-8-17(9-7-16)19(24)25/h6-9,15,18H,10-14H2,1-5H3,(H,24,25)/t18-/m0/s1. The van der Waals surface area contributed by atoms with Gasteiger partial charge in [0.25, 0.3) is 0 Å². The van der Waals surface area contributed by atoms with E-state index in [4.69, 9.17) is 9.84 Å². The molecule has 0 unspecified atom stereocenters. The number of carbonyl (C=O) groups is 2. The van der Waals surface area contributed by atoms with E-state index < -0.39 is 11.6 Å². The van der Waals surface area contributed by atoms with Gasteiger partial charge in [-0.15, -0.1) is 0 Å². The van der Waals surface area contributed by atoms with E-state index in [2.05, 4.69) is 18.7 Å². The number of carboxylic acids is 1. The van der Waals surface area contributed by atoms with Crippen LogP contribution in [0, 0.1) is 5.92 Å². The topological polar surface area (TPSA) is 70.1 Å². The van der Waals surface area contributed by atoms with Gasteiger partial charge in [0.05, 0.1) is 5.56 Å². The number of nitrogens with zero attached hydrogens (tertiary/aromatic N) is 2. The van der Waals surface area contributed by atoms with Crippen molar-refractivity contribution in [2.75, 3.05) is 19.6 Å². The van der Waals surface area contributed by atoms with Crippen LogP contribution in [0.4, 0.5) is 4.79 Å². The van der Waals surface area contributed by atoms with Gasteiger partial charge in [-0.1, -0.05) is 26.0 Å². The van der Waals surface area contributed by atoms with Gasteiger partial charge in [-0.2, -0.15) is 0 Å². The van der Waals surface area contributed by atoms with Crippen molar-refractivity contribution in [3.8, 4) is 0 Å². The van der Waals surface area contributed by atoms with E-state index in [0.717, 1.165) is 25.1 Å². The van der Waals surface area contributed by atoms with Crippen molar-refractivity contribution >= 4 is 12.1 Å². The number of amides is 1. The molecule has 1 N–H and O–H groups in total. The van der Waals surface area contributed by atoms with Crippen molar-refractivity contribution in [2.45, 2.75) is 59.2 Å². The number of piperazine rings is 1. The fraction of sp³-hybridized carbons (Fsp3) is 0.619. The van der Waals surface area contributed by atoms with Gasteiger partial charge < -0.3 is 14.7 Å². The molecule has 2 rings (SSSR count). The highest BCUT2D eigenvalue weighted by molar-refractivity contribution is 5.87. The summed E-state index contributed by atoms with van der Waals surface area (Å²) in [5, 5.41) is 9.04. The third-order valence-electron chi connectivity index (χ3n) is 4.59. The lowest BCUT2D eigenvalue weighted by Crippen LogP contribution is -2.55. The molecule has 6 nitrogen and oxygen atoms in total. The van der Waals surface area contributed by atoms with Gasteiger partial charge in [0.1, 0.15) is 5.60 Å². The first-order valence-electron chi connectivity index (χ1n) is 9.59. The van der Waals surface area contributed by atoms with E-state index in [1.54, 1.807) is 12.1 Å². The average Bonchev–Trinajstić information content (AvgIpc) is 2.54. The third-order valence-corrected chi connectivity index (χ3v) is 4.59. The van der Waals surface area contributed by atoms with E-state index in [9.17, 15) is 9.59 Å². The molecule has 6 heteroatoms. The molecule has 0 saturated carbocycles. The van der Waals surface area contributed by atoms with Crippen molar-refractivity contribution < 1.29 is 19.4 Å². The van der Waals surface area contributed by atoms with Crippen LogP contribution >= 0.6 is 0 Å². The minimum absolute atomic E-state index is 0.248. The largest absolute Gasteiger partial charge is 0.478 e. The molecule has 1 atom stereocenters. The quantitative estimate of drug-likeness (QED) is 0.845. The number of ether oxygens (including phenoxy) is 1. The van der Waals surface area contributed by atoms with Crippen molar-refractivity contribution in [1.82, 2.24) is 9.80 Å². The summed E-state index contributed by atoms with van der Waals surface area (Å²) < 4.78 is 5.53. The van der Waals surface area contributed by atoms with E-state index in [0.29, 0.717) is 24.6 Å². The molecule has 1 aliphatic rings. The van der Waals surface area contributed by atoms with Crippen molar-refractivity contribution in [1.29, 1.82) is 0 Å². The zero-order valence-electron chi connectivity index (χ0n) is 17.1. The Labute approximate surface area is 162 Å². The molecule has 1 heterocycles. The van der Waals surface area contributed by atoms with Crippen LogP contribution in [0.15, 0.2) is 24.3 Å². The number of rotatable bonds is 5. The van der Waals surface area contributed by atoms with Crippen LogP contribution in [0.25, 0.3) is 0 Å².